The molecule has 3 aromatic rings. The molecular weight excluding hydrogens is 321 g/mol. The van der Waals surface area contributed by atoms with Gasteiger partial charge in [0.1, 0.15) is 0 Å². The maximum Gasteiger partial charge on any atom is 0.254 e. The van der Waals surface area contributed by atoms with Crippen LogP contribution < -0.4 is 0 Å². The van der Waals surface area contributed by atoms with Crippen LogP contribution >= 0.6 is 0 Å². The third-order valence-corrected chi connectivity index (χ3v) is 4.21. The van der Waals surface area contributed by atoms with Crippen molar-refractivity contribution in [1.29, 1.82) is 0 Å². The predicted octanol–water partition coefficient (Wildman–Crippen LogP) is 3.75. The molecule has 0 radical (unpaired) electrons. The molecule has 0 saturated heterocycles. The van der Waals surface area contributed by atoms with Crippen LogP contribution in [0.4, 0.5) is 4.39 Å². The SMILES string of the molecule is CC(c1cc(-c2ccccc2)n[nH]1)N(C)C(=O)c1ccc(F)c(O)c1. The van der Waals surface area contributed by atoms with Crippen LogP contribution in [0.25, 0.3) is 11.3 Å². The summed E-state index contributed by atoms with van der Waals surface area (Å²) in [7, 11) is 1.65. The number of aromatic nitrogens is 2. The summed E-state index contributed by atoms with van der Waals surface area (Å²) in [6.45, 7) is 1.86. The molecule has 0 aliphatic heterocycles. The van der Waals surface area contributed by atoms with Gasteiger partial charge in [-0.3, -0.25) is 9.89 Å². The zero-order valence-corrected chi connectivity index (χ0v) is 13.9. The van der Waals surface area contributed by atoms with Crippen LogP contribution in [0.1, 0.15) is 29.0 Å². The lowest BCUT2D eigenvalue weighted by atomic mass is 10.1. The summed E-state index contributed by atoms with van der Waals surface area (Å²) in [6.07, 6.45) is 0. The molecule has 0 aliphatic carbocycles. The summed E-state index contributed by atoms with van der Waals surface area (Å²) < 4.78 is 13.2. The van der Waals surface area contributed by atoms with Crippen molar-refractivity contribution >= 4 is 5.91 Å². The molecule has 0 spiro atoms. The first-order valence-corrected chi connectivity index (χ1v) is 7.84. The summed E-state index contributed by atoms with van der Waals surface area (Å²) in [5.74, 6) is -1.62. The van der Waals surface area contributed by atoms with Gasteiger partial charge in [0.15, 0.2) is 11.6 Å². The summed E-state index contributed by atoms with van der Waals surface area (Å²) in [5.41, 5.74) is 2.77. The van der Waals surface area contributed by atoms with Gasteiger partial charge in [0, 0.05) is 18.2 Å². The van der Waals surface area contributed by atoms with E-state index < -0.39 is 11.6 Å². The molecule has 0 saturated carbocycles. The highest BCUT2D eigenvalue weighted by Crippen LogP contribution is 2.25. The van der Waals surface area contributed by atoms with Gasteiger partial charge in [-0.1, -0.05) is 30.3 Å². The molecule has 1 heterocycles. The fourth-order valence-corrected chi connectivity index (χ4v) is 2.54. The van der Waals surface area contributed by atoms with E-state index in [9.17, 15) is 14.3 Å². The minimum atomic E-state index is -0.756. The van der Waals surface area contributed by atoms with E-state index in [1.807, 2.05) is 43.3 Å². The standard InChI is InChI=1S/C19H18FN3O2/c1-12(16-11-17(22-21-16)13-6-4-3-5-7-13)23(2)19(25)14-8-9-15(20)18(24)10-14/h3-12,24H,1-2H3,(H,21,22). The lowest BCUT2D eigenvalue weighted by Gasteiger charge is -2.24. The van der Waals surface area contributed by atoms with Gasteiger partial charge in [0.2, 0.25) is 0 Å². The van der Waals surface area contributed by atoms with Crippen LogP contribution in [0.2, 0.25) is 0 Å². The lowest BCUT2D eigenvalue weighted by molar-refractivity contribution is 0.0739. The van der Waals surface area contributed by atoms with Crippen LogP contribution in [0, 0.1) is 5.82 Å². The second kappa shape index (κ2) is 6.76. The number of nitrogens with zero attached hydrogens (tertiary/aromatic N) is 2. The minimum Gasteiger partial charge on any atom is -0.505 e. The van der Waals surface area contributed by atoms with E-state index in [0.29, 0.717) is 0 Å². The topological polar surface area (TPSA) is 69.2 Å². The van der Waals surface area contributed by atoms with Crippen molar-refractivity contribution in [2.45, 2.75) is 13.0 Å². The van der Waals surface area contributed by atoms with Crippen LogP contribution in [0.3, 0.4) is 0 Å². The van der Waals surface area contributed by atoms with Crippen molar-refractivity contribution in [3.8, 4) is 17.0 Å². The van der Waals surface area contributed by atoms with Crippen LogP contribution in [0.5, 0.6) is 5.75 Å². The number of aromatic amines is 1. The number of hydrogen-bond acceptors (Lipinski definition) is 3. The van der Waals surface area contributed by atoms with E-state index in [-0.39, 0.29) is 17.5 Å². The average Bonchev–Trinajstić information content (AvgIpc) is 3.13. The molecule has 6 heteroatoms. The quantitative estimate of drug-likeness (QED) is 0.760. The number of rotatable bonds is 4. The molecule has 0 fully saturated rings. The molecule has 3 rings (SSSR count). The molecule has 1 unspecified atom stereocenters. The smallest absolute Gasteiger partial charge is 0.254 e. The van der Waals surface area contributed by atoms with Crippen molar-refractivity contribution < 1.29 is 14.3 Å². The zero-order valence-electron chi connectivity index (χ0n) is 13.9. The van der Waals surface area contributed by atoms with Crippen molar-refractivity contribution in [2.75, 3.05) is 7.05 Å². The maximum atomic E-state index is 13.2. The number of phenols is 1. The molecule has 1 atom stereocenters. The van der Waals surface area contributed by atoms with E-state index in [0.717, 1.165) is 29.1 Å². The summed E-state index contributed by atoms with van der Waals surface area (Å²) >= 11 is 0. The summed E-state index contributed by atoms with van der Waals surface area (Å²) in [4.78, 5) is 14.1. The molecule has 2 aromatic carbocycles. The van der Waals surface area contributed by atoms with Crippen LogP contribution in [-0.4, -0.2) is 33.2 Å². The fraction of sp³-hybridized carbons (Fsp3) is 0.158. The lowest BCUT2D eigenvalue weighted by Crippen LogP contribution is -2.29. The van der Waals surface area contributed by atoms with Gasteiger partial charge in [-0.05, 0) is 31.2 Å². The number of aromatic hydroxyl groups is 1. The molecule has 128 valence electrons. The monoisotopic (exact) mass is 339 g/mol. The Morgan fingerprint density at radius 1 is 1.20 bits per heavy atom. The number of amides is 1. The summed E-state index contributed by atoms with van der Waals surface area (Å²) in [5, 5.41) is 16.7. The second-order valence-electron chi connectivity index (χ2n) is 5.83. The van der Waals surface area contributed by atoms with E-state index in [1.165, 1.54) is 11.0 Å². The van der Waals surface area contributed by atoms with Crippen molar-refractivity contribution in [2.24, 2.45) is 0 Å². The molecular formula is C19H18FN3O2. The van der Waals surface area contributed by atoms with E-state index in [2.05, 4.69) is 10.2 Å². The molecule has 25 heavy (non-hydrogen) atoms. The molecule has 5 nitrogen and oxygen atoms in total. The van der Waals surface area contributed by atoms with Gasteiger partial charge in [-0.2, -0.15) is 5.10 Å². The fourth-order valence-electron chi connectivity index (χ4n) is 2.54. The van der Waals surface area contributed by atoms with E-state index >= 15 is 0 Å². The molecule has 0 aliphatic rings. The van der Waals surface area contributed by atoms with Crippen LogP contribution in [0.15, 0.2) is 54.6 Å². The first-order valence-electron chi connectivity index (χ1n) is 7.84. The van der Waals surface area contributed by atoms with Crippen molar-refractivity contribution in [3.05, 3.63) is 71.7 Å². The van der Waals surface area contributed by atoms with Crippen LogP contribution in [-0.2, 0) is 0 Å². The Morgan fingerprint density at radius 3 is 2.60 bits per heavy atom. The number of hydrogen-bond donors (Lipinski definition) is 2. The first kappa shape index (κ1) is 16.7. The third-order valence-electron chi connectivity index (χ3n) is 4.21. The van der Waals surface area contributed by atoms with Gasteiger partial charge in [-0.15, -0.1) is 0 Å². The predicted molar refractivity (Wildman–Crippen MR) is 92.6 cm³/mol. The van der Waals surface area contributed by atoms with Gasteiger partial charge in [-0.25, -0.2) is 4.39 Å². The zero-order chi connectivity index (χ0) is 18.0. The number of carbonyl (C=O) groups excluding carboxylic acids is 1. The number of halogens is 1. The number of benzene rings is 2. The Labute approximate surface area is 144 Å². The first-order chi connectivity index (χ1) is 12.0. The van der Waals surface area contributed by atoms with E-state index in [4.69, 9.17) is 0 Å². The maximum absolute atomic E-state index is 13.2. The molecule has 1 amide bonds. The van der Waals surface area contributed by atoms with Gasteiger partial charge < -0.3 is 10.0 Å². The summed E-state index contributed by atoms with van der Waals surface area (Å²) in [6, 6.07) is 14.9. The highest BCUT2D eigenvalue weighted by molar-refractivity contribution is 5.94. The Hall–Kier alpha value is -3.15. The Morgan fingerprint density at radius 2 is 1.92 bits per heavy atom. The number of nitrogens with one attached hydrogen (secondary N) is 1. The highest BCUT2D eigenvalue weighted by atomic mass is 19.1. The third kappa shape index (κ3) is 3.38. The van der Waals surface area contributed by atoms with Crippen molar-refractivity contribution in [3.63, 3.8) is 0 Å². The normalized spacial score (nSPS) is 12.0. The minimum absolute atomic E-state index is 0.219. The molecule has 1 aromatic heterocycles. The largest absolute Gasteiger partial charge is 0.505 e. The van der Waals surface area contributed by atoms with Gasteiger partial charge in [0.25, 0.3) is 5.91 Å². The Balaban J connectivity index is 1.80. The number of carbonyl (C=O) groups is 1. The Bertz CT molecular complexity index is 893. The average molecular weight is 339 g/mol. The number of H-pyrrole nitrogens is 1. The van der Waals surface area contributed by atoms with E-state index in [1.54, 1.807) is 7.05 Å². The van der Waals surface area contributed by atoms with Crippen molar-refractivity contribution in [1.82, 2.24) is 15.1 Å². The Kier molecular flexibility index (Phi) is 4.52. The highest BCUT2D eigenvalue weighted by Gasteiger charge is 2.21. The molecule has 2 N–H and O–H groups in total. The number of phenolic OH excluding ortho intramolecular Hbond substituents is 1. The second-order valence-corrected chi connectivity index (χ2v) is 5.83. The molecule has 0 bridgehead atoms. The van der Waals surface area contributed by atoms with Gasteiger partial charge >= 0.3 is 0 Å². The van der Waals surface area contributed by atoms with Gasteiger partial charge in [0.05, 0.1) is 17.4 Å².